The summed E-state index contributed by atoms with van der Waals surface area (Å²) in [6, 6.07) is 9.94. The molecule has 3 rings (SSSR count). The van der Waals surface area contributed by atoms with E-state index in [1.807, 2.05) is 24.3 Å². The molecule has 0 aliphatic heterocycles. The molecular weight excluding hydrogens is 433 g/mol. The van der Waals surface area contributed by atoms with Gasteiger partial charge in [-0.05, 0) is 43.7 Å². The molecule has 0 atom stereocenters. The molecule has 2 aromatic rings. The van der Waals surface area contributed by atoms with Crippen molar-refractivity contribution in [3.63, 3.8) is 0 Å². The van der Waals surface area contributed by atoms with Gasteiger partial charge in [0.05, 0.1) is 18.8 Å². The van der Waals surface area contributed by atoms with Crippen LogP contribution in [0.25, 0.3) is 0 Å². The highest BCUT2D eigenvalue weighted by atomic mass is 19.2. The monoisotopic (exact) mass is 462 g/mol. The molecule has 0 bridgehead atoms. The van der Waals surface area contributed by atoms with Crippen molar-refractivity contribution >= 4 is 23.2 Å². The molecule has 1 aliphatic carbocycles. The lowest BCUT2D eigenvalue weighted by atomic mass is 9.94. The van der Waals surface area contributed by atoms with Crippen molar-refractivity contribution in [1.82, 2.24) is 10.2 Å². The van der Waals surface area contributed by atoms with Gasteiger partial charge in [0.2, 0.25) is 11.8 Å². The standard InChI is InChI=1S/C24H29F3N4O2/c1-31(17-8-3-2-4-9-17)15-16-7-5-6-10-19(16)28-13-21(32)29-14-22(33)30-20-12-11-18(25)23(26)24(20)27/h5-7,10-12,17,28H,2-4,8-9,13-15H2,1H3,(H,29,32)(H,30,33). The quantitative estimate of drug-likeness (QED) is 0.492. The number of hydrogen-bond donors (Lipinski definition) is 3. The molecule has 6 nitrogen and oxygen atoms in total. The Balaban J connectivity index is 1.47. The van der Waals surface area contributed by atoms with Crippen molar-refractivity contribution in [2.45, 2.75) is 44.7 Å². The maximum atomic E-state index is 13.6. The highest BCUT2D eigenvalue weighted by molar-refractivity contribution is 5.95. The van der Waals surface area contributed by atoms with Gasteiger partial charge in [-0.25, -0.2) is 13.2 Å². The fourth-order valence-corrected chi connectivity index (χ4v) is 3.98. The van der Waals surface area contributed by atoms with Crippen LogP contribution in [0.3, 0.4) is 0 Å². The van der Waals surface area contributed by atoms with Gasteiger partial charge < -0.3 is 16.0 Å². The van der Waals surface area contributed by atoms with E-state index in [-0.39, 0.29) is 6.54 Å². The number of carbonyl (C=O) groups is 2. The maximum absolute atomic E-state index is 13.6. The number of carbonyl (C=O) groups excluding carboxylic acids is 2. The Labute approximate surface area is 191 Å². The molecule has 0 radical (unpaired) electrons. The molecule has 9 heteroatoms. The summed E-state index contributed by atoms with van der Waals surface area (Å²) < 4.78 is 39.9. The molecule has 0 heterocycles. The first kappa shape index (κ1) is 24.6. The summed E-state index contributed by atoms with van der Waals surface area (Å²) in [6.07, 6.45) is 6.21. The van der Waals surface area contributed by atoms with Crippen molar-refractivity contribution in [3.05, 3.63) is 59.4 Å². The van der Waals surface area contributed by atoms with E-state index in [2.05, 4.69) is 27.9 Å². The lowest BCUT2D eigenvalue weighted by Gasteiger charge is -2.31. The summed E-state index contributed by atoms with van der Waals surface area (Å²) in [7, 11) is 2.12. The third-order valence-corrected chi connectivity index (χ3v) is 5.83. The summed E-state index contributed by atoms with van der Waals surface area (Å²) in [5.74, 6) is -5.72. The minimum Gasteiger partial charge on any atom is -0.376 e. The molecule has 1 aliphatic rings. The van der Waals surface area contributed by atoms with E-state index < -0.39 is 41.5 Å². The van der Waals surface area contributed by atoms with Crippen molar-refractivity contribution in [3.8, 4) is 0 Å². The van der Waals surface area contributed by atoms with Crippen molar-refractivity contribution in [1.29, 1.82) is 0 Å². The fourth-order valence-electron chi connectivity index (χ4n) is 3.98. The van der Waals surface area contributed by atoms with Gasteiger partial charge in [-0.1, -0.05) is 37.5 Å². The zero-order valence-corrected chi connectivity index (χ0v) is 18.6. The van der Waals surface area contributed by atoms with Gasteiger partial charge in [0.25, 0.3) is 0 Å². The zero-order valence-electron chi connectivity index (χ0n) is 18.6. The number of para-hydroxylation sites is 1. The number of hydrogen-bond acceptors (Lipinski definition) is 4. The number of halogens is 3. The molecule has 178 valence electrons. The van der Waals surface area contributed by atoms with E-state index in [4.69, 9.17) is 0 Å². The summed E-state index contributed by atoms with van der Waals surface area (Å²) in [5.41, 5.74) is 1.41. The number of nitrogens with zero attached hydrogens (tertiary/aromatic N) is 1. The predicted molar refractivity (Wildman–Crippen MR) is 121 cm³/mol. The van der Waals surface area contributed by atoms with Gasteiger partial charge in [0.15, 0.2) is 17.5 Å². The van der Waals surface area contributed by atoms with Gasteiger partial charge in [-0.2, -0.15) is 0 Å². The minimum absolute atomic E-state index is 0.0586. The first-order valence-corrected chi connectivity index (χ1v) is 11.1. The summed E-state index contributed by atoms with van der Waals surface area (Å²) in [6.45, 7) is 0.264. The van der Waals surface area contributed by atoms with Gasteiger partial charge in [-0.15, -0.1) is 0 Å². The van der Waals surface area contributed by atoms with E-state index in [0.29, 0.717) is 12.1 Å². The van der Waals surface area contributed by atoms with Gasteiger partial charge in [-0.3, -0.25) is 14.5 Å². The van der Waals surface area contributed by atoms with E-state index >= 15 is 0 Å². The summed E-state index contributed by atoms with van der Waals surface area (Å²) in [5, 5.41) is 7.62. The average Bonchev–Trinajstić information content (AvgIpc) is 2.83. The van der Waals surface area contributed by atoms with Crippen LogP contribution < -0.4 is 16.0 Å². The lowest BCUT2D eigenvalue weighted by molar-refractivity contribution is -0.122. The topological polar surface area (TPSA) is 73.5 Å². The molecule has 0 saturated heterocycles. The van der Waals surface area contributed by atoms with Crippen molar-refractivity contribution < 1.29 is 22.8 Å². The predicted octanol–water partition coefficient (Wildman–Crippen LogP) is 4.04. The first-order chi connectivity index (χ1) is 15.8. The summed E-state index contributed by atoms with van der Waals surface area (Å²) in [4.78, 5) is 26.5. The van der Waals surface area contributed by atoms with Crippen molar-refractivity contribution in [2.75, 3.05) is 30.8 Å². The molecule has 0 unspecified atom stereocenters. The number of rotatable bonds is 9. The molecule has 1 saturated carbocycles. The number of amides is 2. The van der Waals surface area contributed by atoms with Crippen LogP contribution in [0.5, 0.6) is 0 Å². The summed E-state index contributed by atoms with van der Waals surface area (Å²) >= 11 is 0. The van der Waals surface area contributed by atoms with Crippen LogP contribution >= 0.6 is 0 Å². The molecule has 33 heavy (non-hydrogen) atoms. The molecule has 2 aromatic carbocycles. The van der Waals surface area contributed by atoms with E-state index in [1.165, 1.54) is 32.1 Å². The lowest BCUT2D eigenvalue weighted by Crippen LogP contribution is -2.36. The SMILES string of the molecule is CN(Cc1ccccc1NCC(=O)NCC(=O)Nc1ccc(F)c(F)c1F)C1CCCCC1. The Morgan fingerprint density at radius 2 is 1.64 bits per heavy atom. The fraction of sp³-hybridized carbons (Fsp3) is 0.417. The minimum atomic E-state index is -1.67. The zero-order chi connectivity index (χ0) is 23.8. The Bertz CT molecular complexity index is 980. The smallest absolute Gasteiger partial charge is 0.243 e. The molecule has 0 aromatic heterocycles. The molecule has 2 amide bonds. The normalized spacial score (nSPS) is 14.2. The molecule has 3 N–H and O–H groups in total. The van der Waals surface area contributed by atoms with Crippen LogP contribution in [0.1, 0.15) is 37.7 Å². The highest BCUT2D eigenvalue weighted by Gasteiger charge is 2.19. The average molecular weight is 463 g/mol. The van der Waals surface area contributed by atoms with Gasteiger partial charge in [0, 0.05) is 18.3 Å². The number of benzene rings is 2. The Morgan fingerprint density at radius 3 is 2.39 bits per heavy atom. The highest BCUT2D eigenvalue weighted by Crippen LogP contribution is 2.25. The van der Waals surface area contributed by atoms with Crippen LogP contribution in [0.15, 0.2) is 36.4 Å². The van der Waals surface area contributed by atoms with Crippen LogP contribution in [-0.4, -0.2) is 42.9 Å². The first-order valence-electron chi connectivity index (χ1n) is 11.1. The number of anilines is 2. The third kappa shape index (κ3) is 6.95. The molecule has 0 spiro atoms. The van der Waals surface area contributed by atoms with E-state index in [9.17, 15) is 22.8 Å². The Kier molecular flexibility index (Phi) is 8.71. The van der Waals surface area contributed by atoms with E-state index in [1.54, 1.807) is 0 Å². The van der Waals surface area contributed by atoms with Crippen LogP contribution in [-0.2, 0) is 16.1 Å². The molecule has 1 fully saturated rings. The van der Waals surface area contributed by atoms with Crippen molar-refractivity contribution in [2.24, 2.45) is 0 Å². The van der Waals surface area contributed by atoms with Gasteiger partial charge in [0.1, 0.15) is 0 Å². The second-order valence-corrected chi connectivity index (χ2v) is 8.27. The second-order valence-electron chi connectivity index (χ2n) is 8.27. The second kappa shape index (κ2) is 11.7. The Morgan fingerprint density at radius 1 is 0.909 bits per heavy atom. The Hall–Kier alpha value is -3.07. The third-order valence-electron chi connectivity index (χ3n) is 5.83. The molecular formula is C24H29F3N4O2. The maximum Gasteiger partial charge on any atom is 0.243 e. The van der Waals surface area contributed by atoms with Gasteiger partial charge >= 0.3 is 0 Å². The largest absolute Gasteiger partial charge is 0.376 e. The van der Waals surface area contributed by atoms with E-state index in [0.717, 1.165) is 23.9 Å². The van der Waals surface area contributed by atoms with Crippen LogP contribution in [0.2, 0.25) is 0 Å². The number of nitrogens with one attached hydrogen (secondary N) is 3. The van der Waals surface area contributed by atoms with Crippen LogP contribution in [0, 0.1) is 17.5 Å². The van der Waals surface area contributed by atoms with Crippen LogP contribution in [0.4, 0.5) is 24.5 Å².